The van der Waals surface area contributed by atoms with E-state index in [4.69, 9.17) is 9.60 Å². The summed E-state index contributed by atoms with van der Waals surface area (Å²) < 4.78 is 55.3. The molecule has 0 spiro atoms. The van der Waals surface area contributed by atoms with Crippen LogP contribution in [0, 0.1) is 0 Å². The Bertz CT molecular complexity index is 1270. The number of Topliss-reactive ketones (excluding diaryl/α,β-unsaturated/α-hetero) is 2. The smallest absolute Gasteiger partial charge is 0.190 e. The van der Waals surface area contributed by atoms with Gasteiger partial charge >= 0.3 is 0 Å². The molecule has 1 aromatic rings. The Morgan fingerprint density at radius 3 is 2.03 bits per heavy atom. The van der Waals surface area contributed by atoms with Crippen molar-refractivity contribution in [2.75, 3.05) is 0 Å². The number of rotatable bonds is 11. The van der Waals surface area contributed by atoms with Gasteiger partial charge < -0.3 is 0 Å². The van der Waals surface area contributed by atoms with E-state index in [1.54, 1.807) is 6.08 Å². The molecule has 1 aliphatic carbocycles. The number of benzene rings is 1. The molecule has 2 rings (SSSR count). The first-order valence-electron chi connectivity index (χ1n) is 14.7. The van der Waals surface area contributed by atoms with Crippen molar-refractivity contribution in [3.63, 3.8) is 0 Å². The van der Waals surface area contributed by atoms with E-state index in [0.29, 0.717) is 6.42 Å². The van der Waals surface area contributed by atoms with Crippen molar-refractivity contribution >= 4 is 11.6 Å². The van der Waals surface area contributed by atoms with E-state index in [9.17, 15) is 9.59 Å². The molecule has 2 heteroatoms. The summed E-state index contributed by atoms with van der Waals surface area (Å²) >= 11 is 0. The second kappa shape index (κ2) is 13.0. The number of fused-ring (bicyclic) bond motifs is 1. The lowest BCUT2D eigenvalue weighted by molar-refractivity contribution is 0.0973. The maximum absolute atomic E-state index is 13.2. The number of carbonyl (C=O) groups excluding carboxylic acids is 2. The molecule has 0 aromatic heterocycles. The Balaban J connectivity index is 2.07. The molecule has 0 heterocycles. The van der Waals surface area contributed by atoms with E-state index in [0.717, 1.165) is 32.1 Å². The molecular weight excluding hydrogens is 392 g/mol. The average Bonchev–Trinajstić information content (AvgIpc) is 2.83. The molecule has 1 aromatic carbocycles. The largest absolute Gasteiger partial charge is 0.289 e. The second-order valence-electron chi connectivity index (χ2n) is 8.47. The molecule has 0 fully saturated rings. The van der Waals surface area contributed by atoms with Crippen molar-refractivity contribution in [1.29, 1.82) is 0 Å². The third-order valence-electron chi connectivity index (χ3n) is 5.38. The Kier molecular flexibility index (Phi) is 6.81. The van der Waals surface area contributed by atoms with Crippen molar-refractivity contribution < 1.29 is 19.2 Å². The van der Waals surface area contributed by atoms with Crippen LogP contribution in [-0.2, 0) is 0 Å². The standard InChI is InChI=1S/C30H38O2/c1-22(2)14-12-16-24(4)18-13-17-23(3)15-8-6-7-9-19-26-25(5)29(31)27-20-10-11-21-28(27)30(26)32/h7,9-11,14-15,18,20-21H,6,8,12-13,16-17,19H2,1-5H3/b9-7+,23-15+,24-18+/i5D3,10D,11D,20D,21D. The van der Waals surface area contributed by atoms with Crippen LogP contribution in [0.2, 0.25) is 0 Å². The zero-order valence-corrected chi connectivity index (χ0v) is 19.7. The molecule has 170 valence electrons. The van der Waals surface area contributed by atoms with Crippen molar-refractivity contribution in [3.05, 3.63) is 93.5 Å². The highest BCUT2D eigenvalue weighted by molar-refractivity contribution is 6.26. The Labute approximate surface area is 204 Å². The molecule has 0 unspecified atom stereocenters. The van der Waals surface area contributed by atoms with E-state index in [1.807, 2.05) is 6.08 Å². The van der Waals surface area contributed by atoms with Crippen LogP contribution in [0.3, 0.4) is 0 Å². The van der Waals surface area contributed by atoms with Gasteiger partial charge in [-0.3, -0.25) is 9.59 Å². The number of carbonyl (C=O) groups is 2. The lowest BCUT2D eigenvalue weighted by Gasteiger charge is -2.17. The fourth-order valence-corrected chi connectivity index (χ4v) is 3.46. The van der Waals surface area contributed by atoms with Gasteiger partial charge in [-0.25, -0.2) is 0 Å². The number of ketones is 2. The first-order chi connectivity index (χ1) is 18.2. The summed E-state index contributed by atoms with van der Waals surface area (Å²) in [6.45, 7) is 5.57. The van der Waals surface area contributed by atoms with Gasteiger partial charge in [-0.15, -0.1) is 0 Å². The Hall–Kier alpha value is -2.74. The number of allylic oxidation sites excluding steroid dienone is 10. The van der Waals surface area contributed by atoms with Crippen molar-refractivity contribution in [2.24, 2.45) is 0 Å². The normalized spacial score (nSPS) is 18.4. The van der Waals surface area contributed by atoms with Gasteiger partial charge in [0, 0.05) is 26.4 Å². The summed E-state index contributed by atoms with van der Waals surface area (Å²) in [6, 6.07) is -2.64. The van der Waals surface area contributed by atoms with Gasteiger partial charge in [-0.1, -0.05) is 71.3 Å². The number of unbranched alkanes of at least 4 members (excludes halogenated alkanes) is 1. The SMILES string of the molecule is [2H]c1c([2H])c([2H])c2c(c1[2H])C(=O)C(C/C=C/CC/C=C(\C)CC/C=C(\C)CCC=C(C)C)=C(C([2H])([2H])[2H])C2=O. The molecule has 0 bridgehead atoms. The minimum atomic E-state index is -2.90. The fourth-order valence-electron chi connectivity index (χ4n) is 3.46. The minimum absolute atomic E-state index is 0.111. The van der Waals surface area contributed by atoms with Crippen LogP contribution in [0.15, 0.2) is 82.4 Å². The van der Waals surface area contributed by atoms with Crippen molar-refractivity contribution in [1.82, 2.24) is 0 Å². The molecule has 32 heavy (non-hydrogen) atoms. The predicted octanol–water partition coefficient (Wildman–Crippen LogP) is 8.53. The van der Waals surface area contributed by atoms with Crippen molar-refractivity contribution in [2.45, 2.75) is 79.5 Å². The van der Waals surface area contributed by atoms with Crippen LogP contribution in [-0.4, -0.2) is 11.6 Å². The monoisotopic (exact) mass is 437 g/mol. The van der Waals surface area contributed by atoms with E-state index in [-0.39, 0.29) is 12.0 Å². The first-order valence-corrected chi connectivity index (χ1v) is 11.2. The van der Waals surface area contributed by atoms with E-state index < -0.39 is 59.3 Å². The Morgan fingerprint density at radius 1 is 0.812 bits per heavy atom. The lowest BCUT2D eigenvalue weighted by Crippen LogP contribution is -2.20. The van der Waals surface area contributed by atoms with Gasteiger partial charge in [0.1, 0.15) is 0 Å². The third kappa shape index (κ3) is 7.75. The maximum atomic E-state index is 13.2. The van der Waals surface area contributed by atoms with Crippen LogP contribution in [0.25, 0.3) is 0 Å². The summed E-state index contributed by atoms with van der Waals surface area (Å²) in [5.41, 5.74) is 2.07. The van der Waals surface area contributed by atoms with E-state index in [2.05, 4.69) is 45.9 Å². The van der Waals surface area contributed by atoms with Gasteiger partial charge in [-0.05, 0) is 79.5 Å². The first kappa shape index (κ1) is 16.8. The van der Waals surface area contributed by atoms with Crippen LogP contribution < -0.4 is 0 Å². The zero-order chi connectivity index (χ0) is 29.5. The van der Waals surface area contributed by atoms with Crippen LogP contribution in [0.5, 0.6) is 0 Å². The highest BCUT2D eigenvalue weighted by Crippen LogP contribution is 2.28. The minimum Gasteiger partial charge on any atom is -0.289 e. The molecule has 0 N–H and O–H groups in total. The molecule has 0 radical (unpaired) electrons. The lowest BCUT2D eigenvalue weighted by atomic mass is 9.83. The van der Waals surface area contributed by atoms with E-state index >= 15 is 0 Å². The molecule has 0 aliphatic heterocycles. The second-order valence-corrected chi connectivity index (χ2v) is 8.47. The van der Waals surface area contributed by atoms with Gasteiger partial charge in [0.05, 0.1) is 5.48 Å². The molecule has 0 amide bonds. The highest BCUT2D eigenvalue weighted by atomic mass is 16.1. The summed E-state index contributed by atoms with van der Waals surface area (Å²) in [4.78, 5) is 26.4. The Morgan fingerprint density at radius 2 is 1.41 bits per heavy atom. The van der Waals surface area contributed by atoms with Gasteiger partial charge in [-0.2, -0.15) is 0 Å². The molecule has 0 saturated heterocycles. The van der Waals surface area contributed by atoms with Crippen molar-refractivity contribution in [3.8, 4) is 0 Å². The molecule has 2 nitrogen and oxygen atoms in total. The van der Waals surface area contributed by atoms with E-state index in [1.165, 1.54) is 16.7 Å². The molecule has 1 aliphatic rings. The average molecular weight is 438 g/mol. The van der Waals surface area contributed by atoms with Crippen LogP contribution >= 0.6 is 0 Å². The summed E-state index contributed by atoms with van der Waals surface area (Å²) in [6.07, 6.45) is 15.6. The fraction of sp³-hybridized carbons (Fsp3) is 0.400. The maximum Gasteiger partial charge on any atom is 0.190 e. The summed E-state index contributed by atoms with van der Waals surface area (Å²) in [7, 11) is 0. The zero-order valence-electron chi connectivity index (χ0n) is 26.7. The quantitative estimate of drug-likeness (QED) is 0.257. The summed E-state index contributed by atoms with van der Waals surface area (Å²) in [5.74, 6) is -1.88. The predicted molar refractivity (Wildman–Crippen MR) is 136 cm³/mol. The summed E-state index contributed by atoms with van der Waals surface area (Å²) in [5, 5.41) is 0. The number of hydrogen-bond acceptors (Lipinski definition) is 2. The van der Waals surface area contributed by atoms with Gasteiger partial charge in [0.2, 0.25) is 0 Å². The highest BCUT2D eigenvalue weighted by Gasteiger charge is 2.28. The molecule has 0 atom stereocenters. The molecular formula is C30H38O2. The number of hydrogen-bond donors (Lipinski definition) is 0. The van der Waals surface area contributed by atoms with Gasteiger partial charge in [0.15, 0.2) is 11.6 Å². The van der Waals surface area contributed by atoms with Crippen LogP contribution in [0.4, 0.5) is 0 Å². The molecule has 0 saturated carbocycles. The third-order valence-corrected chi connectivity index (χ3v) is 5.38. The topological polar surface area (TPSA) is 34.1 Å². The van der Waals surface area contributed by atoms with Gasteiger partial charge in [0.25, 0.3) is 0 Å². The van der Waals surface area contributed by atoms with Crippen LogP contribution in [0.1, 0.15) is 110 Å².